The number of rotatable bonds is 1. The second-order valence-electron chi connectivity index (χ2n) is 2.25. The third-order valence-electron chi connectivity index (χ3n) is 1.16. The van der Waals surface area contributed by atoms with Crippen molar-refractivity contribution in [1.29, 1.82) is 0 Å². The highest BCUT2D eigenvalue weighted by molar-refractivity contribution is 7.89. The van der Waals surface area contributed by atoms with E-state index in [1.54, 1.807) is 6.92 Å². The van der Waals surface area contributed by atoms with Crippen LogP contribution in [0, 0.1) is 6.92 Å². The zero-order valence-electron chi connectivity index (χ0n) is 6.35. The molecule has 4 N–H and O–H groups in total. The Morgan fingerprint density at radius 2 is 2.08 bits per heavy atom. The van der Waals surface area contributed by atoms with Crippen LogP contribution < -0.4 is 10.9 Å². The highest BCUT2D eigenvalue weighted by Gasteiger charge is 2.14. The van der Waals surface area contributed by atoms with Gasteiger partial charge in [-0.15, -0.1) is 0 Å². The summed E-state index contributed by atoms with van der Waals surface area (Å²) in [6.07, 6.45) is 1.37. The van der Waals surface area contributed by atoms with E-state index in [4.69, 9.17) is 10.9 Å². The molecule has 0 radical (unpaired) electrons. The van der Waals surface area contributed by atoms with Crippen molar-refractivity contribution in [3.05, 3.63) is 11.9 Å². The first-order valence-electron chi connectivity index (χ1n) is 3.03. The molecule has 66 valence electrons. The molecule has 0 aromatic carbocycles. The van der Waals surface area contributed by atoms with Crippen LogP contribution in [0.25, 0.3) is 0 Å². The summed E-state index contributed by atoms with van der Waals surface area (Å²) in [4.78, 5) is 7.24. The van der Waals surface area contributed by atoms with Gasteiger partial charge in [0.15, 0.2) is 5.82 Å². The number of hydrogen-bond donors (Lipinski definition) is 2. The molecule has 0 saturated heterocycles. The fraction of sp³-hybridized carbons (Fsp3) is 0.200. The predicted molar refractivity (Wildman–Crippen MR) is 42.6 cm³/mol. The first kappa shape index (κ1) is 8.88. The smallest absolute Gasteiger partial charge is 0.259 e. The SMILES string of the molecule is Cc1cnc(N)c(S(N)(=O)=O)n1. The van der Waals surface area contributed by atoms with Crippen LogP contribution in [0.5, 0.6) is 0 Å². The molecule has 7 heteroatoms. The van der Waals surface area contributed by atoms with Crippen molar-refractivity contribution in [1.82, 2.24) is 9.97 Å². The number of hydrogen-bond acceptors (Lipinski definition) is 5. The molecular formula is C5H8N4O2S. The Morgan fingerprint density at radius 1 is 1.50 bits per heavy atom. The van der Waals surface area contributed by atoms with Gasteiger partial charge in [0.2, 0.25) is 5.03 Å². The van der Waals surface area contributed by atoms with Crippen LogP contribution in [0.4, 0.5) is 5.82 Å². The molecule has 6 nitrogen and oxygen atoms in total. The molecule has 1 heterocycles. The molecular weight excluding hydrogens is 180 g/mol. The van der Waals surface area contributed by atoms with Crippen molar-refractivity contribution in [2.75, 3.05) is 5.73 Å². The summed E-state index contributed by atoms with van der Waals surface area (Å²) >= 11 is 0. The number of aromatic nitrogens is 2. The summed E-state index contributed by atoms with van der Waals surface area (Å²) in [7, 11) is -3.85. The number of sulfonamides is 1. The normalized spacial score (nSPS) is 11.5. The summed E-state index contributed by atoms with van der Waals surface area (Å²) in [5, 5.41) is 4.44. The van der Waals surface area contributed by atoms with Gasteiger partial charge in [0, 0.05) is 0 Å². The molecule has 0 saturated carbocycles. The molecule has 0 fully saturated rings. The van der Waals surface area contributed by atoms with Gasteiger partial charge in [-0.3, -0.25) is 0 Å². The highest BCUT2D eigenvalue weighted by atomic mass is 32.2. The van der Waals surface area contributed by atoms with E-state index < -0.39 is 10.0 Å². The van der Waals surface area contributed by atoms with Crippen molar-refractivity contribution >= 4 is 15.8 Å². The average molecular weight is 188 g/mol. The van der Waals surface area contributed by atoms with Crippen molar-refractivity contribution in [3.8, 4) is 0 Å². The van der Waals surface area contributed by atoms with Crippen LogP contribution in [-0.4, -0.2) is 18.4 Å². The monoisotopic (exact) mass is 188 g/mol. The van der Waals surface area contributed by atoms with E-state index in [2.05, 4.69) is 9.97 Å². The number of nitrogen functional groups attached to an aromatic ring is 1. The van der Waals surface area contributed by atoms with Gasteiger partial charge in [-0.25, -0.2) is 23.5 Å². The van der Waals surface area contributed by atoms with Crippen LogP contribution in [0.2, 0.25) is 0 Å². The Kier molecular flexibility index (Phi) is 1.99. The number of aryl methyl sites for hydroxylation is 1. The maximum Gasteiger partial charge on any atom is 0.259 e. The van der Waals surface area contributed by atoms with Crippen LogP contribution in [-0.2, 0) is 10.0 Å². The van der Waals surface area contributed by atoms with E-state index in [9.17, 15) is 8.42 Å². The number of nitrogens with two attached hydrogens (primary N) is 2. The summed E-state index contributed by atoms with van der Waals surface area (Å²) in [5.74, 6) is -0.178. The molecule has 0 unspecified atom stereocenters. The largest absolute Gasteiger partial charge is 0.381 e. The molecule has 0 bridgehead atoms. The van der Waals surface area contributed by atoms with E-state index in [1.807, 2.05) is 0 Å². The Bertz CT molecular complexity index is 400. The maximum atomic E-state index is 10.8. The van der Waals surface area contributed by atoms with Gasteiger partial charge in [-0.2, -0.15) is 0 Å². The van der Waals surface area contributed by atoms with E-state index in [1.165, 1.54) is 6.20 Å². The third-order valence-corrected chi connectivity index (χ3v) is 2.00. The molecule has 0 atom stereocenters. The van der Waals surface area contributed by atoms with Gasteiger partial charge >= 0.3 is 0 Å². The fourth-order valence-electron chi connectivity index (χ4n) is 0.674. The summed E-state index contributed by atoms with van der Waals surface area (Å²) in [6, 6.07) is 0. The Balaban J connectivity index is 3.43. The lowest BCUT2D eigenvalue weighted by molar-refractivity contribution is 0.593. The van der Waals surface area contributed by atoms with Crippen molar-refractivity contribution in [2.45, 2.75) is 11.9 Å². The quantitative estimate of drug-likeness (QED) is 0.588. The minimum Gasteiger partial charge on any atom is -0.381 e. The standard InChI is InChI=1S/C5H8N4O2S/c1-3-2-8-4(6)5(9-3)12(7,10)11/h2H,1H3,(H2,6,8)(H2,7,10,11). The van der Waals surface area contributed by atoms with E-state index in [0.29, 0.717) is 5.69 Å². The van der Waals surface area contributed by atoms with Crippen LogP contribution in [0.1, 0.15) is 5.69 Å². The molecule has 1 aromatic heterocycles. The number of nitrogens with zero attached hydrogens (tertiary/aromatic N) is 2. The summed E-state index contributed by atoms with van der Waals surface area (Å²) in [6.45, 7) is 1.60. The zero-order chi connectivity index (χ0) is 9.35. The molecule has 12 heavy (non-hydrogen) atoms. The molecule has 1 rings (SSSR count). The zero-order valence-corrected chi connectivity index (χ0v) is 7.17. The van der Waals surface area contributed by atoms with Crippen molar-refractivity contribution < 1.29 is 8.42 Å². The lowest BCUT2D eigenvalue weighted by Crippen LogP contribution is -2.17. The predicted octanol–water partition coefficient (Wildman–Crippen LogP) is -0.985. The minimum absolute atomic E-state index is 0.178. The highest BCUT2D eigenvalue weighted by Crippen LogP contribution is 2.09. The average Bonchev–Trinajstić information content (AvgIpc) is 1.92. The van der Waals surface area contributed by atoms with E-state index >= 15 is 0 Å². The number of anilines is 1. The topological polar surface area (TPSA) is 112 Å². The maximum absolute atomic E-state index is 10.8. The van der Waals surface area contributed by atoms with Gasteiger partial charge in [0.25, 0.3) is 10.0 Å². The Hall–Kier alpha value is -1.21. The third kappa shape index (κ3) is 1.69. The van der Waals surface area contributed by atoms with Crippen LogP contribution >= 0.6 is 0 Å². The molecule has 1 aromatic rings. The Labute approximate surface area is 69.7 Å². The minimum atomic E-state index is -3.85. The first-order chi connectivity index (χ1) is 5.41. The first-order valence-corrected chi connectivity index (χ1v) is 4.58. The van der Waals surface area contributed by atoms with Gasteiger partial charge in [-0.05, 0) is 6.92 Å². The molecule has 0 amide bonds. The second-order valence-corrected chi connectivity index (χ2v) is 3.72. The van der Waals surface area contributed by atoms with Crippen molar-refractivity contribution in [3.63, 3.8) is 0 Å². The number of primary sulfonamides is 1. The lowest BCUT2D eigenvalue weighted by atomic mass is 10.5. The van der Waals surface area contributed by atoms with Gasteiger partial charge < -0.3 is 5.73 Å². The molecule has 0 spiro atoms. The molecule has 0 aliphatic rings. The van der Waals surface area contributed by atoms with Crippen LogP contribution in [0.3, 0.4) is 0 Å². The summed E-state index contributed by atoms with van der Waals surface area (Å²) < 4.78 is 21.6. The van der Waals surface area contributed by atoms with E-state index in [0.717, 1.165) is 0 Å². The van der Waals surface area contributed by atoms with Gasteiger partial charge in [0.1, 0.15) is 0 Å². The molecule has 0 aliphatic heterocycles. The fourth-order valence-corrected chi connectivity index (χ4v) is 1.29. The van der Waals surface area contributed by atoms with Crippen molar-refractivity contribution in [2.24, 2.45) is 5.14 Å². The van der Waals surface area contributed by atoms with Gasteiger partial charge in [-0.1, -0.05) is 0 Å². The summed E-state index contributed by atoms with van der Waals surface area (Å²) in [5.41, 5.74) is 5.69. The lowest BCUT2D eigenvalue weighted by Gasteiger charge is -2.00. The molecule has 0 aliphatic carbocycles. The van der Waals surface area contributed by atoms with Crippen LogP contribution in [0.15, 0.2) is 11.2 Å². The van der Waals surface area contributed by atoms with E-state index in [-0.39, 0.29) is 10.8 Å². The second kappa shape index (κ2) is 2.68. The van der Waals surface area contributed by atoms with Gasteiger partial charge in [0.05, 0.1) is 11.9 Å². The Morgan fingerprint density at radius 3 is 2.50 bits per heavy atom.